The minimum Gasteiger partial charge on any atom is -0.369 e. The minimum atomic E-state index is -0.0409. The Labute approximate surface area is 172 Å². The van der Waals surface area contributed by atoms with E-state index in [0.29, 0.717) is 6.54 Å². The van der Waals surface area contributed by atoms with Crippen LogP contribution in [-0.4, -0.2) is 50.1 Å². The Kier molecular flexibility index (Phi) is 6.22. The Balaban J connectivity index is 1.22. The van der Waals surface area contributed by atoms with Gasteiger partial charge < -0.3 is 10.2 Å². The number of anilines is 1. The molecule has 3 aromatic rings. The number of nitrogens with zero attached hydrogens (tertiary/aromatic N) is 2. The normalized spacial score (nSPS) is 15.1. The standard InChI is InChI=1S/C25H27N3O/c29-25(14-13-22-9-6-8-21-7-4-5-12-24(21)22)26-15-16-27-17-19-28(20-18-27)23-10-2-1-3-11-23/h1-14H,15-20H2,(H,26,29)/b14-13+. The van der Waals surface area contributed by atoms with Gasteiger partial charge in [0.25, 0.3) is 0 Å². The van der Waals surface area contributed by atoms with E-state index in [1.165, 1.54) is 11.1 Å². The highest BCUT2D eigenvalue weighted by atomic mass is 16.1. The van der Waals surface area contributed by atoms with Gasteiger partial charge >= 0.3 is 0 Å². The predicted octanol–water partition coefficient (Wildman–Crippen LogP) is 3.79. The van der Waals surface area contributed by atoms with E-state index in [1.54, 1.807) is 6.08 Å². The Hall–Kier alpha value is -3.11. The van der Waals surface area contributed by atoms with Crippen molar-refractivity contribution in [1.29, 1.82) is 0 Å². The molecule has 0 spiro atoms. The fourth-order valence-electron chi connectivity index (χ4n) is 3.83. The minimum absolute atomic E-state index is 0.0409. The molecule has 3 aromatic carbocycles. The molecule has 1 amide bonds. The lowest BCUT2D eigenvalue weighted by Crippen LogP contribution is -2.48. The first-order chi connectivity index (χ1) is 14.3. The average Bonchev–Trinajstić information content (AvgIpc) is 2.79. The van der Waals surface area contributed by atoms with Crippen molar-refractivity contribution in [3.05, 3.63) is 84.4 Å². The lowest BCUT2D eigenvalue weighted by Gasteiger charge is -2.36. The summed E-state index contributed by atoms with van der Waals surface area (Å²) in [6.45, 7) is 5.66. The Morgan fingerprint density at radius 3 is 2.41 bits per heavy atom. The number of hydrogen-bond donors (Lipinski definition) is 1. The van der Waals surface area contributed by atoms with Crippen LogP contribution in [0.15, 0.2) is 78.9 Å². The molecule has 1 aliphatic rings. The van der Waals surface area contributed by atoms with Crippen molar-refractivity contribution in [2.75, 3.05) is 44.2 Å². The van der Waals surface area contributed by atoms with Crippen LogP contribution in [0.2, 0.25) is 0 Å². The highest BCUT2D eigenvalue weighted by Crippen LogP contribution is 2.19. The molecule has 1 heterocycles. The zero-order valence-electron chi connectivity index (χ0n) is 16.6. The maximum atomic E-state index is 12.2. The molecule has 0 bridgehead atoms. The topological polar surface area (TPSA) is 35.6 Å². The molecule has 0 aromatic heterocycles. The third-order valence-electron chi connectivity index (χ3n) is 5.46. The molecule has 1 aliphatic heterocycles. The first-order valence-corrected chi connectivity index (χ1v) is 10.3. The van der Waals surface area contributed by atoms with Crippen molar-refractivity contribution < 1.29 is 4.79 Å². The third kappa shape index (κ3) is 5.04. The van der Waals surface area contributed by atoms with Crippen LogP contribution in [0, 0.1) is 0 Å². The number of rotatable bonds is 6. The number of hydrogen-bond acceptors (Lipinski definition) is 3. The van der Waals surface area contributed by atoms with Gasteiger partial charge in [-0.2, -0.15) is 0 Å². The van der Waals surface area contributed by atoms with Crippen molar-refractivity contribution in [2.24, 2.45) is 0 Å². The fourth-order valence-corrected chi connectivity index (χ4v) is 3.83. The van der Waals surface area contributed by atoms with E-state index in [9.17, 15) is 4.79 Å². The Bertz CT molecular complexity index is 970. The maximum Gasteiger partial charge on any atom is 0.244 e. The molecule has 0 saturated carbocycles. The van der Waals surface area contributed by atoms with Gasteiger partial charge in [-0.15, -0.1) is 0 Å². The van der Waals surface area contributed by atoms with Crippen molar-refractivity contribution in [3.8, 4) is 0 Å². The molecule has 4 rings (SSSR count). The van der Waals surface area contributed by atoms with Crippen LogP contribution in [0.1, 0.15) is 5.56 Å². The van der Waals surface area contributed by atoms with Crippen molar-refractivity contribution in [3.63, 3.8) is 0 Å². The molecular weight excluding hydrogens is 358 g/mol. The summed E-state index contributed by atoms with van der Waals surface area (Å²) < 4.78 is 0. The van der Waals surface area contributed by atoms with Crippen LogP contribution in [0.25, 0.3) is 16.8 Å². The van der Waals surface area contributed by atoms with Gasteiger partial charge in [-0.05, 0) is 34.5 Å². The van der Waals surface area contributed by atoms with Crippen LogP contribution in [0.3, 0.4) is 0 Å². The third-order valence-corrected chi connectivity index (χ3v) is 5.46. The lowest BCUT2D eigenvalue weighted by atomic mass is 10.0. The van der Waals surface area contributed by atoms with E-state index >= 15 is 0 Å². The smallest absolute Gasteiger partial charge is 0.244 e. The number of nitrogens with one attached hydrogen (secondary N) is 1. The highest BCUT2D eigenvalue weighted by Gasteiger charge is 2.16. The van der Waals surface area contributed by atoms with Gasteiger partial charge in [-0.25, -0.2) is 0 Å². The number of piperazine rings is 1. The van der Waals surface area contributed by atoms with E-state index in [1.807, 2.05) is 30.3 Å². The van der Waals surface area contributed by atoms with E-state index in [4.69, 9.17) is 0 Å². The van der Waals surface area contributed by atoms with Crippen molar-refractivity contribution in [1.82, 2.24) is 10.2 Å². The van der Waals surface area contributed by atoms with E-state index in [-0.39, 0.29) is 5.91 Å². The first kappa shape index (κ1) is 19.2. The maximum absolute atomic E-state index is 12.2. The summed E-state index contributed by atoms with van der Waals surface area (Å²) in [5.74, 6) is -0.0409. The number of carbonyl (C=O) groups is 1. The van der Waals surface area contributed by atoms with Gasteiger partial charge in [0.05, 0.1) is 0 Å². The summed E-state index contributed by atoms with van der Waals surface area (Å²) in [7, 11) is 0. The summed E-state index contributed by atoms with van der Waals surface area (Å²) in [5, 5.41) is 5.36. The van der Waals surface area contributed by atoms with Gasteiger partial charge in [0.15, 0.2) is 0 Å². The second-order valence-electron chi connectivity index (χ2n) is 7.36. The zero-order chi connectivity index (χ0) is 19.9. The Morgan fingerprint density at radius 1 is 0.862 bits per heavy atom. The zero-order valence-corrected chi connectivity index (χ0v) is 16.6. The second kappa shape index (κ2) is 9.39. The molecule has 148 valence electrons. The quantitative estimate of drug-likeness (QED) is 0.656. The SMILES string of the molecule is O=C(/C=C/c1cccc2ccccc12)NCCN1CCN(c2ccccc2)CC1. The number of para-hydroxylation sites is 1. The van der Waals surface area contributed by atoms with Crippen molar-refractivity contribution >= 4 is 28.4 Å². The molecule has 1 N–H and O–H groups in total. The summed E-state index contributed by atoms with van der Waals surface area (Å²) in [6, 6.07) is 24.9. The molecular formula is C25H27N3O. The monoisotopic (exact) mass is 385 g/mol. The number of amides is 1. The highest BCUT2D eigenvalue weighted by molar-refractivity contribution is 5.96. The van der Waals surface area contributed by atoms with Crippen LogP contribution < -0.4 is 10.2 Å². The molecule has 1 fully saturated rings. The van der Waals surface area contributed by atoms with Gasteiger partial charge in [-0.1, -0.05) is 60.7 Å². The van der Waals surface area contributed by atoms with Crippen LogP contribution in [-0.2, 0) is 4.79 Å². The Morgan fingerprint density at radius 2 is 1.59 bits per heavy atom. The molecule has 1 saturated heterocycles. The molecule has 4 heteroatoms. The largest absolute Gasteiger partial charge is 0.369 e. The molecule has 0 atom stereocenters. The summed E-state index contributed by atoms with van der Waals surface area (Å²) in [4.78, 5) is 17.0. The molecule has 29 heavy (non-hydrogen) atoms. The molecule has 4 nitrogen and oxygen atoms in total. The van der Waals surface area contributed by atoms with E-state index in [2.05, 4.69) is 63.6 Å². The van der Waals surface area contributed by atoms with E-state index < -0.39 is 0 Å². The average molecular weight is 386 g/mol. The predicted molar refractivity (Wildman–Crippen MR) is 121 cm³/mol. The molecule has 0 unspecified atom stereocenters. The molecule has 0 aliphatic carbocycles. The first-order valence-electron chi connectivity index (χ1n) is 10.3. The van der Waals surface area contributed by atoms with Crippen LogP contribution >= 0.6 is 0 Å². The molecule has 0 radical (unpaired) electrons. The van der Waals surface area contributed by atoms with E-state index in [0.717, 1.165) is 43.7 Å². The summed E-state index contributed by atoms with van der Waals surface area (Å²) in [6.07, 6.45) is 3.53. The number of fused-ring (bicyclic) bond motifs is 1. The van der Waals surface area contributed by atoms with Gasteiger partial charge in [0, 0.05) is 51.0 Å². The van der Waals surface area contributed by atoms with Crippen LogP contribution in [0.5, 0.6) is 0 Å². The lowest BCUT2D eigenvalue weighted by molar-refractivity contribution is -0.116. The van der Waals surface area contributed by atoms with Crippen molar-refractivity contribution in [2.45, 2.75) is 0 Å². The fraction of sp³-hybridized carbons (Fsp3) is 0.240. The number of benzene rings is 3. The van der Waals surface area contributed by atoms with Gasteiger partial charge in [-0.3, -0.25) is 9.69 Å². The second-order valence-corrected chi connectivity index (χ2v) is 7.36. The van der Waals surface area contributed by atoms with Gasteiger partial charge in [0.1, 0.15) is 0 Å². The van der Waals surface area contributed by atoms with Gasteiger partial charge in [0.2, 0.25) is 5.91 Å². The number of carbonyl (C=O) groups excluding carboxylic acids is 1. The van der Waals surface area contributed by atoms with Crippen LogP contribution in [0.4, 0.5) is 5.69 Å². The summed E-state index contributed by atoms with van der Waals surface area (Å²) in [5.41, 5.74) is 2.36. The summed E-state index contributed by atoms with van der Waals surface area (Å²) >= 11 is 0.